The lowest BCUT2D eigenvalue weighted by atomic mass is 9.83. The summed E-state index contributed by atoms with van der Waals surface area (Å²) in [5.74, 6) is 0.0163. The van der Waals surface area contributed by atoms with E-state index >= 15 is 0 Å². The molecule has 0 saturated heterocycles. The van der Waals surface area contributed by atoms with Gasteiger partial charge in [0.1, 0.15) is 10.1 Å². The van der Waals surface area contributed by atoms with Crippen LogP contribution < -0.4 is 4.84 Å². The summed E-state index contributed by atoms with van der Waals surface area (Å²) in [6.45, 7) is 5.97. The van der Waals surface area contributed by atoms with Crippen LogP contribution in [0.3, 0.4) is 0 Å². The molecule has 1 aromatic rings. The lowest BCUT2D eigenvalue weighted by Gasteiger charge is -2.22. The second kappa shape index (κ2) is 4.50. The Bertz CT molecular complexity index is 680. The molecule has 2 aliphatic carbocycles. The number of pyridine rings is 1. The highest BCUT2D eigenvalue weighted by molar-refractivity contribution is 7.71. The van der Waals surface area contributed by atoms with Gasteiger partial charge in [-0.25, -0.2) is 4.79 Å². The second-order valence-electron chi connectivity index (χ2n) is 6.69. The van der Waals surface area contributed by atoms with Crippen LogP contribution in [0.15, 0.2) is 24.4 Å². The van der Waals surface area contributed by atoms with E-state index in [1.807, 2.05) is 0 Å². The molecule has 0 bridgehead atoms. The molecule has 0 aromatic carbocycles. The molecule has 1 aromatic heterocycles. The van der Waals surface area contributed by atoms with Gasteiger partial charge in [0.25, 0.3) is 0 Å². The summed E-state index contributed by atoms with van der Waals surface area (Å²) >= 11 is 5.11. The van der Waals surface area contributed by atoms with Crippen LogP contribution in [0.4, 0.5) is 0 Å². The average molecular weight is 305 g/mol. The normalized spacial score (nSPS) is 33.9. The molecule has 0 spiro atoms. The Balaban J connectivity index is 1.87. The van der Waals surface area contributed by atoms with Gasteiger partial charge >= 0.3 is 5.97 Å². The molecule has 2 saturated carbocycles. The first-order valence-electron chi connectivity index (χ1n) is 7.26. The van der Waals surface area contributed by atoms with Crippen LogP contribution in [-0.4, -0.2) is 16.5 Å². The Morgan fingerprint density at radius 2 is 2.19 bits per heavy atom. The number of ketones is 1. The summed E-state index contributed by atoms with van der Waals surface area (Å²) in [5.41, 5.74) is -1.03. The SMILES string of the molecule is CC(C)[C@]12CC(=O)[C@@](C)(C(=O)On3ccccc3=S)[C@@H]1C2. The highest BCUT2D eigenvalue weighted by Crippen LogP contribution is 2.72. The summed E-state index contributed by atoms with van der Waals surface area (Å²) in [4.78, 5) is 30.4. The van der Waals surface area contributed by atoms with Crippen molar-refractivity contribution in [1.82, 2.24) is 4.73 Å². The Morgan fingerprint density at radius 1 is 1.48 bits per heavy atom. The first-order chi connectivity index (χ1) is 9.82. The van der Waals surface area contributed by atoms with Gasteiger partial charge in [-0.1, -0.05) is 32.1 Å². The second-order valence-corrected chi connectivity index (χ2v) is 7.11. The largest absolute Gasteiger partial charge is 0.346 e. The van der Waals surface area contributed by atoms with Gasteiger partial charge in [-0.05, 0) is 42.7 Å². The van der Waals surface area contributed by atoms with E-state index in [2.05, 4.69) is 13.8 Å². The highest BCUT2D eigenvalue weighted by atomic mass is 32.1. The molecule has 0 aliphatic heterocycles. The predicted octanol–water partition coefficient (Wildman–Crippen LogP) is 2.81. The van der Waals surface area contributed by atoms with E-state index in [0.717, 1.165) is 6.42 Å². The Labute approximate surface area is 129 Å². The number of Topliss-reactive ketones (excluding diaryl/α,β-unsaturated/α-hetero) is 1. The number of fused-ring (bicyclic) bond motifs is 1. The summed E-state index contributed by atoms with van der Waals surface area (Å²) < 4.78 is 1.67. The van der Waals surface area contributed by atoms with E-state index in [9.17, 15) is 9.59 Å². The zero-order valence-electron chi connectivity index (χ0n) is 12.5. The maximum Gasteiger partial charge on any atom is 0.346 e. The molecule has 3 atom stereocenters. The van der Waals surface area contributed by atoms with Gasteiger partial charge in [-0.3, -0.25) is 4.79 Å². The van der Waals surface area contributed by atoms with Gasteiger partial charge < -0.3 is 4.84 Å². The third-order valence-corrected chi connectivity index (χ3v) is 5.74. The van der Waals surface area contributed by atoms with Crippen LogP contribution in [0.1, 0.15) is 33.6 Å². The molecule has 2 fully saturated rings. The monoisotopic (exact) mass is 305 g/mol. The van der Waals surface area contributed by atoms with Crippen LogP contribution in [0.5, 0.6) is 0 Å². The molecule has 21 heavy (non-hydrogen) atoms. The molecule has 5 heteroatoms. The van der Waals surface area contributed by atoms with E-state index in [4.69, 9.17) is 17.1 Å². The lowest BCUT2D eigenvalue weighted by molar-refractivity contribution is -0.160. The van der Waals surface area contributed by atoms with Crippen molar-refractivity contribution in [2.24, 2.45) is 22.7 Å². The quantitative estimate of drug-likeness (QED) is 0.636. The molecule has 4 nitrogen and oxygen atoms in total. The van der Waals surface area contributed by atoms with E-state index in [0.29, 0.717) is 17.0 Å². The van der Waals surface area contributed by atoms with Crippen LogP contribution in [0.25, 0.3) is 0 Å². The number of carbonyl (C=O) groups is 2. The Kier molecular flexibility index (Phi) is 3.10. The van der Waals surface area contributed by atoms with Gasteiger partial charge in [0.05, 0.1) is 0 Å². The maximum absolute atomic E-state index is 12.6. The summed E-state index contributed by atoms with van der Waals surface area (Å²) in [5, 5.41) is 0. The van der Waals surface area contributed by atoms with Crippen LogP contribution in [0, 0.1) is 27.3 Å². The molecule has 3 rings (SSSR count). The molecule has 112 valence electrons. The van der Waals surface area contributed by atoms with Gasteiger partial charge in [0.2, 0.25) is 0 Å². The highest BCUT2D eigenvalue weighted by Gasteiger charge is 2.74. The van der Waals surface area contributed by atoms with Crippen molar-refractivity contribution >= 4 is 24.0 Å². The summed E-state index contributed by atoms with van der Waals surface area (Å²) in [6, 6.07) is 5.19. The third kappa shape index (κ3) is 1.90. The lowest BCUT2D eigenvalue weighted by Crippen LogP contribution is -2.41. The van der Waals surface area contributed by atoms with Gasteiger partial charge in [0.15, 0.2) is 5.78 Å². The molecule has 1 heterocycles. The first-order valence-corrected chi connectivity index (χ1v) is 7.67. The topological polar surface area (TPSA) is 48.3 Å². The Hall–Kier alpha value is -1.49. The van der Waals surface area contributed by atoms with Crippen molar-refractivity contribution < 1.29 is 14.4 Å². The van der Waals surface area contributed by atoms with Crippen molar-refractivity contribution in [3.63, 3.8) is 0 Å². The Morgan fingerprint density at radius 3 is 2.76 bits per heavy atom. The summed E-state index contributed by atoms with van der Waals surface area (Å²) in [7, 11) is 0. The standard InChI is InChI=1S/C16H19NO3S/c1-10(2)16-8-11(16)15(3,12(18)9-16)14(19)20-17-7-5-4-6-13(17)21/h4-7,10-11H,8-9H2,1-3H3/t11-,15-,16-/m0/s1. The minimum Gasteiger partial charge on any atom is -0.335 e. The molecule has 2 aliphatic rings. The van der Waals surface area contributed by atoms with Crippen LogP contribution in [-0.2, 0) is 9.59 Å². The zero-order valence-corrected chi connectivity index (χ0v) is 13.3. The van der Waals surface area contributed by atoms with E-state index in [1.165, 1.54) is 4.73 Å². The van der Waals surface area contributed by atoms with Gasteiger partial charge in [0, 0.05) is 12.6 Å². The number of hydrogen-bond acceptors (Lipinski definition) is 4. The number of nitrogens with zero attached hydrogens (tertiary/aromatic N) is 1. The minimum absolute atomic E-state index is 0.0000931. The molecular formula is C16H19NO3S. The molecule has 0 unspecified atom stereocenters. The van der Waals surface area contributed by atoms with Crippen molar-refractivity contribution in [3.8, 4) is 0 Å². The fourth-order valence-corrected chi connectivity index (χ4v) is 3.92. The molecule has 0 radical (unpaired) electrons. The summed E-state index contributed by atoms with van der Waals surface area (Å²) in [6.07, 6.45) is 3.01. The number of aromatic nitrogens is 1. The van der Waals surface area contributed by atoms with E-state index in [-0.39, 0.29) is 17.1 Å². The molecular weight excluding hydrogens is 286 g/mol. The predicted molar refractivity (Wildman–Crippen MR) is 80.0 cm³/mol. The molecule has 0 amide bonds. The minimum atomic E-state index is -1.03. The van der Waals surface area contributed by atoms with E-state index < -0.39 is 11.4 Å². The first kappa shape index (κ1) is 14.4. The van der Waals surface area contributed by atoms with Gasteiger partial charge in [-0.2, -0.15) is 4.73 Å². The van der Waals surface area contributed by atoms with Crippen molar-refractivity contribution in [1.29, 1.82) is 0 Å². The molecule has 0 N–H and O–H groups in total. The number of carbonyl (C=O) groups excluding carboxylic acids is 2. The van der Waals surface area contributed by atoms with Crippen molar-refractivity contribution in [2.45, 2.75) is 33.6 Å². The third-order valence-electron chi connectivity index (χ3n) is 5.43. The van der Waals surface area contributed by atoms with Crippen LogP contribution >= 0.6 is 12.2 Å². The number of rotatable bonds is 3. The van der Waals surface area contributed by atoms with E-state index in [1.54, 1.807) is 31.3 Å². The smallest absolute Gasteiger partial charge is 0.335 e. The van der Waals surface area contributed by atoms with Crippen molar-refractivity contribution in [2.75, 3.05) is 0 Å². The maximum atomic E-state index is 12.6. The zero-order chi connectivity index (χ0) is 15.4. The van der Waals surface area contributed by atoms with Crippen molar-refractivity contribution in [3.05, 3.63) is 29.0 Å². The van der Waals surface area contributed by atoms with Gasteiger partial charge in [-0.15, -0.1) is 0 Å². The van der Waals surface area contributed by atoms with Crippen LogP contribution in [0.2, 0.25) is 0 Å². The number of hydrogen-bond donors (Lipinski definition) is 0. The average Bonchev–Trinajstić information content (AvgIpc) is 3.11. The fraction of sp³-hybridized carbons (Fsp3) is 0.562. The fourth-order valence-electron chi connectivity index (χ4n) is 3.74.